The number of nitrogens with one attached hydrogen (secondary N) is 1. The van der Waals surface area contributed by atoms with E-state index in [1.165, 1.54) is 0 Å². The molecule has 94 valence electrons. The third-order valence-electron chi connectivity index (χ3n) is 2.77. The molecule has 3 nitrogen and oxygen atoms in total. The van der Waals surface area contributed by atoms with Gasteiger partial charge in [0.2, 0.25) is 0 Å². The zero-order valence-corrected chi connectivity index (χ0v) is 13.1. The Morgan fingerprint density at radius 1 is 1.24 bits per heavy atom. The first-order valence-corrected chi connectivity index (χ1v) is 8.80. The molecule has 1 aromatic rings. The number of hydrogen-bond donors (Lipinski definition) is 1. The van der Waals surface area contributed by atoms with E-state index in [-0.39, 0.29) is 11.8 Å². The Balaban J connectivity index is 2.16. The molecule has 0 spiro atoms. The van der Waals surface area contributed by atoms with Crippen LogP contribution in [0.2, 0.25) is 0 Å². The molecular formula is C11H13Br2NO2S. The van der Waals surface area contributed by atoms with Crippen molar-refractivity contribution < 1.29 is 8.42 Å². The molecule has 0 bridgehead atoms. The minimum atomic E-state index is -2.87. The van der Waals surface area contributed by atoms with Crippen LogP contribution >= 0.6 is 31.9 Å². The average molecular weight is 383 g/mol. The van der Waals surface area contributed by atoms with E-state index in [1.807, 2.05) is 18.2 Å². The summed E-state index contributed by atoms with van der Waals surface area (Å²) in [5.74, 6) is 0.545. The van der Waals surface area contributed by atoms with Gasteiger partial charge in [-0.1, -0.05) is 6.07 Å². The van der Waals surface area contributed by atoms with Crippen LogP contribution in [0.5, 0.6) is 0 Å². The normalized spacial score (nSPS) is 23.3. The fraction of sp³-hybridized carbons (Fsp3) is 0.455. The SMILES string of the molecule is O=S1(=O)CCCC(Nc2c(Br)cccc2Br)C1. The summed E-state index contributed by atoms with van der Waals surface area (Å²) in [7, 11) is -2.87. The van der Waals surface area contributed by atoms with Gasteiger partial charge < -0.3 is 5.32 Å². The van der Waals surface area contributed by atoms with Gasteiger partial charge in [-0.15, -0.1) is 0 Å². The van der Waals surface area contributed by atoms with Crippen molar-refractivity contribution in [2.75, 3.05) is 16.8 Å². The monoisotopic (exact) mass is 381 g/mol. The topological polar surface area (TPSA) is 46.2 Å². The second-order valence-corrected chi connectivity index (χ2v) is 8.13. The Labute approximate surface area is 118 Å². The second kappa shape index (κ2) is 5.28. The van der Waals surface area contributed by atoms with Crippen LogP contribution in [0.15, 0.2) is 27.1 Å². The van der Waals surface area contributed by atoms with Crippen molar-refractivity contribution >= 4 is 47.4 Å². The molecule has 0 saturated carbocycles. The molecule has 0 aromatic heterocycles. The van der Waals surface area contributed by atoms with E-state index in [0.717, 1.165) is 27.5 Å². The second-order valence-electron chi connectivity index (χ2n) is 4.19. The summed E-state index contributed by atoms with van der Waals surface area (Å²) >= 11 is 6.92. The van der Waals surface area contributed by atoms with Crippen molar-refractivity contribution in [3.63, 3.8) is 0 Å². The van der Waals surface area contributed by atoms with Crippen LogP contribution in [0, 0.1) is 0 Å². The van der Waals surface area contributed by atoms with E-state index in [9.17, 15) is 8.42 Å². The number of halogens is 2. The van der Waals surface area contributed by atoms with Gasteiger partial charge in [-0.3, -0.25) is 0 Å². The van der Waals surface area contributed by atoms with Gasteiger partial charge in [-0.05, 0) is 56.8 Å². The quantitative estimate of drug-likeness (QED) is 0.854. The van der Waals surface area contributed by atoms with E-state index < -0.39 is 9.84 Å². The molecular weight excluding hydrogens is 370 g/mol. The first-order valence-electron chi connectivity index (χ1n) is 5.39. The lowest BCUT2D eigenvalue weighted by atomic mass is 10.2. The Bertz CT molecular complexity index is 496. The van der Waals surface area contributed by atoms with E-state index in [0.29, 0.717) is 5.75 Å². The molecule has 0 radical (unpaired) electrons. The van der Waals surface area contributed by atoms with Crippen LogP contribution in [0.25, 0.3) is 0 Å². The molecule has 1 saturated heterocycles. The minimum absolute atomic E-state index is 0.00347. The molecule has 2 rings (SSSR count). The smallest absolute Gasteiger partial charge is 0.152 e. The van der Waals surface area contributed by atoms with E-state index >= 15 is 0 Å². The zero-order chi connectivity index (χ0) is 12.5. The van der Waals surface area contributed by atoms with Crippen molar-refractivity contribution in [2.45, 2.75) is 18.9 Å². The third-order valence-corrected chi connectivity index (χ3v) is 5.92. The highest BCUT2D eigenvalue weighted by atomic mass is 79.9. The lowest BCUT2D eigenvalue weighted by Gasteiger charge is -2.25. The predicted molar refractivity (Wildman–Crippen MR) is 77.1 cm³/mol. The van der Waals surface area contributed by atoms with Crippen molar-refractivity contribution in [1.82, 2.24) is 0 Å². The summed E-state index contributed by atoms with van der Waals surface area (Å²) in [5, 5.41) is 3.30. The summed E-state index contributed by atoms with van der Waals surface area (Å²) in [5.41, 5.74) is 0.926. The van der Waals surface area contributed by atoms with Crippen LogP contribution in [0.4, 0.5) is 5.69 Å². The first kappa shape index (κ1) is 13.4. The van der Waals surface area contributed by atoms with Crippen molar-refractivity contribution in [2.24, 2.45) is 0 Å². The summed E-state index contributed by atoms with van der Waals surface area (Å²) < 4.78 is 25.0. The number of para-hydroxylation sites is 1. The summed E-state index contributed by atoms with van der Waals surface area (Å²) in [6.07, 6.45) is 1.63. The van der Waals surface area contributed by atoms with Gasteiger partial charge in [0.05, 0.1) is 17.2 Å². The lowest BCUT2D eigenvalue weighted by Crippen LogP contribution is -2.35. The van der Waals surface area contributed by atoms with Crippen LogP contribution in [-0.4, -0.2) is 26.0 Å². The number of benzene rings is 1. The molecule has 1 N–H and O–H groups in total. The van der Waals surface area contributed by atoms with Crippen LogP contribution in [0.3, 0.4) is 0 Å². The highest BCUT2D eigenvalue weighted by Crippen LogP contribution is 2.32. The van der Waals surface area contributed by atoms with Crippen molar-refractivity contribution in [1.29, 1.82) is 0 Å². The molecule has 0 amide bonds. The maximum Gasteiger partial charge on any atom is 0.152 e. The third kappa shape index (κ3) is 3.45. The number of anilines is 1. The number of sulfone groups is 1. The van der Waals surface area contributed by atoms with Gasteiger partial charge in [0.15, 0.2) is 9.84 Å². The predicted octanol–water partition coefficient (Wildman–Crippen LogP) is 3.20. The standard InChI is InChI=1S/C11H13Br2NO2S/c12-9-4-1-5-10(13)11(9)14-8-3-2-6-17(15,16)7-8/h1,4-5,8,14H,2-3,6-7H2. The molecule has 1 fully saturated rings. The number of rotatable bonds is 2. The molecule has 1 aromatic carbocycles. The average Bonchev–Trinajstić information content (AvgIpc) is 2.22. The van der Waals surface area contributed by atoms with Gasteiger partial charge in [-0.25, -0.2) is 8.42 Å². The van der Waals surface area contributed by atoms with Crippen LogP contribution in [0.1, 0.15) is 12.8 Å². The first-order chi connectivity index (χ1) is 7.98. The van der Waals surface area contributed by atoms with Gasteiger partial charge in [0, 0.05) is 15.0 Å². The lowest BCUT2D eigenvalue weighted by molar-refractivity contribution is 0.562. The Kier molecular flexibility index (Phi) is 4.15. The van der Waals surface area contributed by atoms with Crippen LogP contribution in [-0.2, 0) is 9.84 Å². The van der Waals surface area contributed by atoms with Gasteiger partial charge in [0.25, 0.3) is 0 Å². The van der Waals surface area contributed by atoms with Gasteiger partial charge in [0.1, 0.15) is 0 Å². The molecule has 1 aliphatic rings. The highest BCUT2D eigenvalue weighted by Gasteiger charge is 2.25. The fourth-order valence-electron chi connectivity index (χ4n) is 1.98. The van der Waals surface area contributed by atoms with Gasteiger partial charge >= 0.3 is 0 Å². The molecule has 17 heavy (non-hydrogen) atoms. The maximum absolute atomic E-state index is 11.6. The fourth-order valence-corrected chi connectivity index (χ4v) is 4.84. The Morgan fingerprint density at radius 2 is 1.88 bits per heavy atom. The zero-order valence-electron chi connectivity index (χ0n) is 9.12. The summed E-state index contributed by atoms with van der Waals surface area (Å²) in [6.45, 7) is 0. The molecule has 1 unspecified atom stereocenters. The molecule has 0 aliphatic carbocycles. The van der Waals surface area contributed by atoms with Crippen molar-refractivity contribution in [3.8, 4) is 0 Å². The maximum atomic E-state index is 11.6. The molecule has 1 aliphatic heterocycles. The van der Waals surface area contributed by atoms with E-state index in [1.54, 1.807) is 0 Å². The number of hydrogen-bond acceptors (Lipinski definition) is 3. The molecule has 1 atom stereocenters. The minimum Gasteiger partial charge on any atom is -0.379 e. The highest BCUT2D eigenvalue weighted by molar-refractivity contribution is 9.11. The van der Waals surface area contributed by atoms with E-state index in [4.69, 9.17) is 0 Å². The summed E-state index contributed by atoms with van der Waals surface area (Å²) in [6, 6.07) is 5.80. The van der Waals surface area contributed by atoms with E-state index in [2.05, 4.69) is 37.2 Å². The van der Waals surface area contributed by atoms with Gasteiger partial charge in [-0.2, -0.15) is 0 Å². The summed E-state index contributed by atoms with van der Waals surface area (Å²) in [4.78, 5) is 0. The molecule has 1 heterocycles. The molecule has 6 heteroatoms. The Morgan fingerprint density at radius 3 is 2.47 bits per heavy atom. The van der Waals surface area contributed by atoms with Crippen molar-refractivity contribution in [3.05, 3.63) is 27.1 Å². The van der Waals surface area contributed by atoms with Crippen LogP contribution < -0.4 is 5.32 Å². The Hall–Kier alpha value is -0.0700. The largest absolute Gasteiger partial charge is 0.379 e.